The highest BCUT2D eigenvalue weighted by Gasteiger charge is 2.18. The molecule has 116 valence electrons. The molecule has 1 aliphatic rings. The lowest BCUT2D eigenvalue weighted by Crippen LogP contribution is -2.18. The summed E-state index contributed by atoms with van der Waals surface area (Å²) in [5.41, 5.74) is 2.13. The summed E-state index contributed by atoms with van der Waals surface area (Å²) in [4.78, 5) is 11.7. The number of aromatic nitrogens is 2. The molecule has 1 aromatic heterocycles. The molecule has 0 bridgehead atoms. The topological polar surface area (TPSA) is 53.3 Å². The second-order valence-electron chi connectivity index (χ2n) is 5.22. The molecule has 0 aliphatic carbocycles. The van der Waals surface area contributed by atoms with Gasteiger partial charge in [-0.3, -0.25) is 0 Å². The highest BCUT2D eigenvalue weighted by molar-refractivity contribution is 6.33. The van der Waals surface area contributed by atoms with Gasteiger partial charge in [-0.2, -0.15) is 5.10 Å². The van der Waals surface area contributed by atoms with Crippen LogP contribution in [0.3, 0.4) is 0 Å². The molecule has 1 saturated heterocycles. The lowest BCUT2D eigenvalue weighted by molar-refractivity contribution is -0.0394. The zero-order valence-corrected chi connectivity index (χ0v) is 13.0. The molecule has 1 atom stereocenters. The second-order valence-corrected chi connectivity index (χ2v) is 5.62. The quantitative estimate of drug-likeness (QED) is 0.809. The minimum absolute atomic E-state index is 0.00474. The van der Waals surface area contributed by atoms with Crippen LogP contribution in [0.15, 0.2) is 30.6 Å². The summed E-state index contributed by atoms with van der Waals surface area (Å²) in [5, 5.41) is 4.75. The summed E-state index contributed by atoms with van der Waals surface area (Å²) in [7, 11) is 1.34. The molecule has 5 nitrogen and oxygen atoms in total. The van der Waals surface area contributed by atoms with Gasteiger partial charge in [-0.05, 0) is 37.0 Å². The first kappa shape index (κ1) is 15.1. The summed E-state index contributed by atoms with van der Waals surface area (Å²) in [5.74, 6) is -0.449. The van der Waals surface area contributed by atoms with E-state index in [1.165, 1.54) is 7.11 Å². The average Bonchev–Trinajstić information content (AvgIpc) is 3.05. The molecule has 6 heteroatoms. The molecule has 0 spiro atoms. The van der Waals surface area contributed by atoms with Crippen LogP contribution >= 0.6 is 11.6 Å². The van der Waals surface area contributed by atoms with Crippen LogP contribution in [-0.4, -0.2) is 29.5 Å². The summed E-state index contributed by atoms with van der Waals surface area (Å²) >= 11 is 6.04. The smallest absolute Gasteiger partial charge is 0.339 e. The van der Waals surface area contributed by atoms with E-state index in [1.807, 2.05) is 16.9 Å². The van der Waals surface area contributed by atoms with Gasteiger partial charge in [0.05, 0.1) is 23.9 Å². The first-order chi connectivity index (χ1) is 10.7. The van der Waals surface area contributed by atoms with E-state index in [-0.39, 0.29) is 6.23 Å². The SMILES string of the molecule is COC(=O)c1cc(-c2cnn(C3CCCCO3)c2)ccc1Cl. The maximum atomic E-state index is 11.7. The van der Waals surface area contributed by atoms with E-state index >= 15 is 0 Å². The predicted octanol–water partition coefficient (Wildman–Crippen LogP) is 3.69. The largest absolute Gasteiger partial charge is 0.465 e. The minimum atomic E-state index is -0.449. The summed E-state index contributed by atoms with van der Waals surface area (Å²) in [6, 6.07) is 5.27. The Labute approximate surface area is 133 Å². The number of carbonyl (C=O) groups excluding carboxylic acids is 1. The normalized spacial score (nSPS) is 18.2. The molecular weight excluding hydrogens is 304 g/mol. The molecular formula is C16H17ClN2O3. The molecule has 2 aromatic rings. The number of esters is 1. The Morgan fingerprint density at radius 1 is 1.41 bits per heavy atom. The summed E-state index contributed by atoms with van der Waals surface area (Å²) in [6.07, 6.45) is 6.91. The highest BCUT2D eigenvalue weighted by atomic mass is 35.5. The van der Waals surface area contributed by atoms with Gasteiger partial charge in [0.2, 0.25) is 0 Å². The van der Waals surface area contributed by atoms with E-state index in [1.54, 1.807) is 18.3 Å². The number of rotatable bonds is 3. The number of ether oxygens (including phenoxy) is 2. The van der Waals surface area contributed by atoms with E-state index in [9.17, 15) is 4.79 Å². The van der Waals surface area contributed by atoms with Crippen LogP contribution in [-0.2, 0) is 9.47 Å². The first-order valence-corrected chi connectivity index (χ1v) is 7.61. The third-order valence-electron chi connectivity index (χ3n) is 3.76. The molecule has 0 saturated carbocycles. The molecule has 0 N–H and O–H groups in total. The number of hydrogen-bond donors (Lipinski definition) is 0. The highest BCUT2D eigenvalue weighted by Crippen LogP contribution is 2.28. The zero-order chi connectivity index (χ0) is 15.5. The van der Waals surface area contributed by atoms with Crippen LogP contribution in [0.25, 0.3) is 11.1 Å². The fraction of sp³-hybridized carbons (Fsp3) is 0.375. The van der Waals surface area contributed by atoms with Crippen LogP contribution in [0.5, 0.6) is 0 Å². The van der Waals surface area contributed by atoms with Crippen molar-refractivity contribution in [2.75, 3.05) is 13.7 Å². The van der Waals surface area contributed by atoms with Crippen molar-refractivity contribution in [3.63, 3.8) is 0 Å². The van der Waals surface area contributed by atoms with Gasteiger partial charge in [0.25, 0.3) is 0 Å². The lowest BCUT2D eigenvalue weighted by Gasteiger charge is -2.22. The maximum Gasteiger partial charge on any atom is 0.339 e. The molecule has 3 rings (SSSR count). The van der Waals surface area contributed by atoms with E-state index in [2.05, 4.69) is 5.10 Å². The first-order valence-electron chi connectivity index (χ1n) is 7.23. The van der Waals surface area contributed by atoms with Gasteiger partial charge in [-0.1, -0.05) is 17.7 Å². The molecule has 0 amide bonds. The Morgan fingerprint density at radius 3 is 3.00 bits per heavy atom. The van der Waals surface area contributed by atoms with Crippen LogP contribution in [0, 0.1) is 0 Å². The van der Waals surface area contributed by atoms with Crippen molar-refractivity contribution in [1.82, 2.24) is 9.78 Å². The number of benzene rings is 1. The maximum absolute atomic E-state index is 11.7. The number of nitrogens with zero attached hydrogens (tertiary/aromatic N) is 2. The van der Waals surface area contributed by atoms with Crippen LogP contribution < -0.4 is 0 Å². The molecule has 1 fully saturated rings. The van der Waals surface area contributed by atoms with E-state index < -0.39 is 5.97 Å². The molecule has 22 heavy (non-hydrogen) atoms. The Hall–Kier alpha value is -1.85. The van der Waals surface area contributed by atoms with Gasteiger partial charge in [0.15, 0.2) is 0 Å². The Bertz CT molecular complexity index is 678. The van der Waals surface area contributed by atoms with E-state index in [0.29, 0.717) is 10.6 Å². The monoisotopic (exact) mass is 320 g/mol. The van der Waals surface area contributed by atoms with Crippen molar-refractivity contribution in [1.29, 1.82) is 0 Å². The predicted molar refractivity (Wildman–Crippen MR) is 82.9 cm³/mol. The molecule has 1 aromatic carbocycles. The van der Waals surface area contributed by atoms with Crippen molar-refractivity contribution in [2.45, 2.75) is 25.5 Å². The minimum Gasteiger partial charge on any atom is -0.465 e. The molecule has 1 aliphatic heterocycles. The molecule has 2 heterocycles. The summed E-state index contributed by atoms with van der Waals surface area (Å²) in [6.45, 7) is 0.771. The molecule has 1 unspecified atom stereocenters. The van der Waals surface area contributed by atoms with Gasteiger partial charge >= 0.3 is 5.97 Å². The van der Waals surface area contributed by atoms with Crippen molar-refractivity contribution in [2.24, 2.45) is 0 Å². The van der Waals surface area contributed by atoms with E-state index in [0.717, 1.165) is 37.0 Å². The van der Waals surface area contributed by atoms with Crippen LogP contribution in [0.2, 0.25) is 5.02 Å². The standard InChI is InChI=1S/C16H17ClN2O3/c1-21-16(20)13-8-11(5-6-14(13)17)12-9-18-19(10-12)15-4-2-3-7-22-15/h5-6,8-10,15H,2-4,7H2,1H3. The van der Waals surface area contributed by atoms with Crippen molar-refractivity contribution < 1.29 is 14.3 Å². The number of methoxy groups -OCH3 is 1. The van der Waals surface area contributed by atoms with Crippen LogP contribution in [0.1, 0.15) is 35.8 Å². The second kappa shape index (κ2) is 6.50. The third kappa shape index (κ3) is 3.00. The van der Waals surface area contributed by atoms with Gasteiger partial charge in [0, 0.05) is 18.4 Å². The van der Waals surface area contributed by atoms with Gasteiger partial charge < -0.3 is 9.47 Å². The Morgan fingerprint density at radius 2 is 2.27 bits per heavy atom. The van der Waals surface area contributed by atoms with Gasteiger partial charge in [-0.25, -0.2) is 9.48 Å². The fourth-order valence-corrected chi connectivity index (χ4v) is 2.74. The summed E-state index contributed by atoms with van der Waals surface area (Å²) < 4.78 is 12.3. The Kier molecular flexibility index (Phi) is 4.45. The fourth-order valence-electron chi connectivity index (χ4n) is 2.55. The lowest BCUT2D eigenvalue weighted by atomic mass is 10.1. The number of carbonyl (C=O) groups is 1. The number of halogens is 1. The van der Waals surface area contributed by atoms with E-state index in [4.69, 9.17) is 21.1 Å². The van der Waals surface area contributed by atoms with Gasteiger partial charge in [0.1, 0.15) is 6.23 Å². The number of hydrogen-bond acceptors (Lipinski definition) is 4. The van der Waals surface area contributed by atoms with Crippen molar-refractivity contribution in [3.05, 3.63) is 41.2 Å². The van der Waals surface area contributed by atoms with Crippen LogP contribution in [0.4, 0.5) is 0 Å². The van der Waals surface area contributed by atoms with Crippen molar-refractivity contribution in [3.8, 4) is 11.1 Å². The van der Waals surface area contributed by atoms with Gasteiger partial charge in [-0.15, -0.1) is 0 Å². The zero-order valence-electron chi connectivity index (χ0n) is 12.3. The average molecular weight is 321 g/mol. The Balaban J connectivity index is 1.88. The third-order valence-corrected chi connectivity index (χ3v) is 4.09. The van der Waals surface area contributed by atoms with Crippen molar-refractivity contribution >= 4 is 17.6 Å². The molecule has 0 radical (unpaired) electrons.